The highest BCUT2D eigenvalue weighted by atomic mass is 31.2. The molecule has 0 saturated carbocycles. The maximum atomic E-state index is 12.6. The third-order valence-electron chi connectivity index (χ3n) is 9.99. The smallest absolute Gasteiger partial charge is 0.462 e. The number of carbonyl (C=O) groups is 2. The zero-order valence-electron chi connectivity index (χ0n) is 34.8. The molecule has 53 heavy (non-hydrogen) atoms. The van der Waals surface area contributed by atoms with Gasteiger partial charge in [-0.1, -0.05) is 206 Å². The van der Waals surface area contributed by atoms with Crippen molar-refractivity contribution in [3.8, 4) is 0 Å². The van der Waals surface area contributed by atoms with Crippen molar-refractivity contribution in [2.45, 2.75) is 238 Å². The summed E-state index contributed by atoms with van der Waals surface area (Å²) in [6.45, 7) is 3.77. The Morgan fingerprint density at radius 1 is 0.491 bits per heavy atom. The molecule has 2 atom stereocenters. The van der Waals surface area contributed by atoms with E-state index in [4.69, 9.17) is 24.3 Å². The van der Waals surface area contributed by atoms with Crippen molar-refractivity contribution >= 4 is 19.8 Å². The third-order valence-corrected chi connectivity index (χ3v) is 11.0. The summed E-state index contributed by atoms with van der Waals surface area (Å²) in [5.74, 6) is -0.812. The highest BCUT2D eigenvalue weighted by Gasteiger charge is 2.26. The van der Waals surface area contributed by atoms with Gasteiger partial charge >= 0.3 is 19.8 Å². The molecule has 0 fully saturated rings. The van der Waals surface area contributed by atoms with Crippen molar-refractivity contribution in [2.75, 3.05) is 26.4 Å². The van der Waals surface area contributed by atoms with E-state index in [0.717, 1.165) is 32.1 Å². The molecule has 0 spiro atoms. The standard InChI is InChI=1S/C43H86NO8P/c1-3-5-7-9-11-13-15-17-18-19-20-21-22-24-25-27-29-31-33-35-42(45)49-39-41(40-51-53(47,48)50-38-37-44)52-43(46)36-34-32-30-28-26-23-16-14-12-10-8-6-4-2/h41H,3-40,44H2,1-2H3,(H,47,48)/t41-/m0/s1. The van der Waals surface area contributed by atoms with Gasteiger partial charge < -0.3 is 20.1 Å². The Hall–Kier alpha value is -0.990. The first kappa shape index (κ1) is 52.0. The fourth-order valence-corrected chi connectivity index (χ4v) is 7.40. The van der Waals surface area contributed by atoms with Gasteiger partial charge in [-0.15, -0.1) is 0 Å². The van der Waals surface area contributed by atoms with E-state index in [-0.39, 0.29) is 38.6 Å². The topological polar surface area (TPSA) is 134 Å². The second kappa shape index (κ2) is 40.7. The number of unbranched alkanes of at least 4 members (excludes halogenated alkanes) is 30. The lowest BCUT2D eigenvalue weighted by Gasteiger charge is -2.19. The Bertz CT molecular complexity index is 845. The van der Waals surface area contributed by atoms with Crippen LogP contribution in [0.15, 0.2) is 0 Å². The Labute approximate surface area is 327 Å². The van der Waals surface area contributed by atoms with Crippen molar-refractivity contribution in [2.24, 2.45) is 5.73 Å². The van der Waals surface area contributed by atoms with Gasteiger partial charge in [0, 0.05) is 19.4 Å². The number of rotatable bonds is 43. The second-order valence-corrected chi connectivity index (χ2v) is 16.7. The highest BCUT2D eigenvalue weighted by Crippen LogP contribution is 2.43. The van der Waals surface area contributed by atoms with Gasteiger partial charge in [0.05, 0.1) is 13.2 Å². The largest absolute Gasteiger partial charge is 0.472 e. The van der Waals surface area contributed by atoms with E-state index in [1.165, 1.54) is 167 Å². The molecule has 0 aromatic carbocycles. The first-order valence-electron chi connectivity index (χ1n) is 22.5. The van der Waals surface area contributed by atoms with Crippen molar-refractivity contribution in [3.63, 3.8) is 0 Å². The summed E-state index contributed by atoms with van der Waals surface area (Å²) in [5.41, 5.74) is 5.35. The van der Waals surface area contributed by atoms with Crippen LogP contribution in [-0.2, 0) is 32.7 Å². The third kappa shape index (κ3) is 40.5. The van der Waals surface area contributed by atoms with E-state index in [1.807, 2.05) is 0 Å². The van der Waals surface area contributed by atoms with Gasteiger partial charge in [0.25, 0.3) is 0 Å². The fraction of sp³-hybridized carbons (Fsp3) is 0.953. The molecule has 10 heteroatoms. The van der Waals surface area contributed by atoms with Gasteiger partial charge in [0.2, 0.25) is 0 Å². The number of carbonyl (C=O) groups excluding carboxylic acids is 2. The van der Waals surface area contributed by atoms with E-state index in [2.05, 4.69) is 13.8 Å². The zero-order valence-corrected chi connectivity index (χ0v) is 35.7. The maximum absolute atomic E-state index is 12.6. The molecule has 0 aliphatic rings. The van der Waals surface area contributed by atoms with Crippen LogP contribution in [-0.4, -0.2) is 49.3 Å². The number of hydrogen-bond donors (Lipinski definition) is 2. The molecule has 0 aliphatic carbocycles. The molecule has 0 rings (SSSR count). The van der Waals surface area contributed by atoms with Gasteiger partial charge in [-0.05, 0) is 12.8 Å². The molecule has 0 aromatic heterocycles. The fourth-order valence-electron chi connectivity index (χ4n) is 6.64. The highest BCUT2D eigenvalue weighted by molar-refractivity contribution is 7.47. The Morgan fingerprint density at radius 3 is 1.15 bits per heavy atom. The number of nitrogens with two attached hydrogens (primary N) is 1. The molecular weight excluding hydrogens is 689 g/mol. The predicted octanol–water partition coefficient (Wildman–Crippen LogP) is 12.8. The van der Waals surface area contributed by atoms with Gasteiger partial charge in [-0.3, -0.25) is 18.6 Å². The number of esters is 2. The van der Waals surface area contributed by atoms with Crippen LogP contribution in [0.25, 0.3) is 0 Å². The lowest BCUT2D eigenvalue weighted by molar-refractivity contribution is -0.161. The number of hydrogen-bond acceptors (Lipinski definition) is 8. The first-order valence-corrected chi connectivity index (χ1v) is 24.0. The molecule has 0 saturated heterocycles. The molecule has 0 heterocycles. The molecule has 0 aromatic rings. The molecule has 0 radical (unpaired) electrons. The molecule has 9 nitrogen and oxygen atoms in total. The van der Waals surface area contributed by atoms with E-state index in [1.54, 1.807) is 0 Å². The predicted molar refractivity (Wildman–Crippen MR) is 220 cm³/mol. The Balaban J connectivity index is 4.04. The molecule has 0 aliphatic heterocycles. The van der Waals surface area contributed by atoms with Crippen LogP contribution in [0.5, 0.6) is 0 Å². The quantitative estimate of drug-likeness (QED) is 0.0352. The van der Waals surface area contributed by atoms with Crippen LogP contribution in [0.2, 0.25) is 0 Å². The second-order valence-electron chi connectivity index (χ2n) is 15.3. The monoisotopic (exact) mass is 776 g/mol. The Kier molecular flexibility index (Phi) is 39.9. The lowest BCUT2D eigenvalue weighted by atomic mass is 10.0. The van der Waals surface area contributed by atoms with Gasteiger partial charge in [0.1, 0.15) is 6.61 Å². The molecule has 0 amide bonds. The number of phosphoric ester groups is 1. The minimum Gasteiger partial charge on any atom is -0.462 e. The van der Waals surface area contributed by atoms with Gasteiger partial charge in [-0.2, -0.15) is 0 Å². The minimum absolute atomic E-state index is 0.0581. The van der Waals surface area contributed by atoms with Crippen molar-refractivity contribution in [3.05, 3.63) is 0 Å². The van der Waals surface area contributed by atoms with Crippen LogP contribution in [0, 0.1) is 0 Å². The molecular formula is C43H86NO8P. The molecule has 316 valence electrons. The maximum Gasteiger partial charge on any atom is 0.472 e. The van der Waals surface area contributed by atoms with Gasteiger partial charge in [0.15, 0.2) is 6.10 Å². The first-order chi connectivity index (χ1) is 25.8. The number of phosphoric acid groups is 1. The summed E-state index contributed by atoms with van der Waals surface area (Å²) in [7, 11) is -4.37. The summed E-state index contributed by atoms with van der Waals surface area (Å²) < 4.78 is 32.8. The van der Waals surface area contributed by atoms with E-state index in [9.17, 15) is 19.0 Å². The van der Waals surface area contributed by atoms with Crippen molar-refractivity contribution in [1.82, 2.24) is 0 Å². The normalized spacial score (nSPS) is 13.2. The summed E-state index contributed by atoms with van der Waals surface area (Å²) in [4.78, 5) is 34.9. The van der Waals surface area contributed by atoms with Crippen LogP contribution >= 0.6 is 7.82 Å². The van der Waals surface area contributed by atoms with E-state index < -0.39 is 26.5 Å². The zero-order chi connectivity index (χ0) is 38.9. The van der Waals surface area contributed by atoms with Crippen LogP contribution in [0.3, 0.4) is 0 Å². The Morgan fingerprint density at radius 2 is 0.811 bits per heavy atom. The van der Waals surface area contributed by atoms with Crippen LogP contribution < -0.4 is 5.73 Å². The lowest BCUT2D eigenvalue weighted by Crippen LogP contribution is -2.29. The van der Waals surface area contributed by atoms with E-state index >= 15 is 0 Å². The van der Waals surface area contributed by atoms with Crippen LogP contribution in [0.1, 0.15) is 232 Å². The van der Waals surface area contributed by atoms with E-state index in [0.29, 0.717) is 6.42 Å². The minimum atomic E-state index is -4.37. The molecule has 0 bridgehead atoms. The molecule has 3 N–H and O–H groups in total. The summed E-state index contributed by atoms with van der Waals surface area (Å²) in [5, 5.41) is 0. The summed E-state index contributed by atoms with van der Waals surface area (Å²) in [6, 6.07) is 0. The molecule has 1 unspecified atom stereocenters. The average molecular weight is 776 g/mol. The van der Waals surface area contributed by atoms with Crippen molar-refractivity contribution < 1.29 is 37.6 Å². The SMILES string of the molecule is CCCCCCCCCCCCCCCCCCCCCC(=O)OC[C@@H](COP(=O)(O)OCCN)OC(=O)CCCCCCCCCCCCCCC. The average Bonchev–Trinajstić information content (AvgIpc) is 3.14. The summed E-state index contributed by atoms with van der Waals surface area (Å²) >= 11 is 0. The van der Waals surface area contributed by atoms with Crippen molar-refractivity contribution in [1.29, 1.82) is 0 Å². The number of ether oxygens (including phenoxy) is 2. The van der Waals surface area contributed by atoms with Gasteiger partial charge in [-0.25, -0.2) is 4.57 Å². The van der Waals surface area contributed by atoms with Crippen LogP contribution in [0.4, 0.5) is 0 Å². The summed E-state index contributed by atoms with van der Waals surface area (Å²) in [6.07, 6.45) is 39.9.